The van der Waals surface area contributed by atoms with Gasteiger partial charge in [-0.15, -0.1) is 0 Å². The quantitative estimate of drug-likeness (QED) is 0.499. The summed E-state index contributed by atoms with van der Waals surface area (Å²) in [6, 6.07) is 0. The van der Waals surface area contributed by atoms with Gasteiger partial charge in [0, 0.05) is 0 Å². The molecule has 1 aliphatic carbocycles. The number of hydrogen-bond donors (Lipinski definition) is 0. The topological polar surface area (TPSA) is 35.5 Å². The highest BCUT2D eigenvalue weighted by Crippen LogP contribution is 2.20. The van der Waals surface area contributed by atoms with Crippen molar-refractivity contribution >= 4 is 6.16 Å². The summed E-state index contributed by atoms with van der Waals surface area (Å²) >= 11 is 0. The van der Waals surface area contributed by atoms with Crippen molar-refractivity contribution in [3.05, 3.63) is 12.7 Å². The number of ether oxygens (including phenoxy) is 2. The van der Waals surface area contributed by atoms with Crippen LogP contribution in [-0.4, -0.2) is 18.9 Å². The van der Waals surface area contributed by atoms with Crippen LogP contribution in [0.4, 0.5) is 4.79 Å². The van der Waals surface area contributed by atoms with E-state index in [9.17, 15) is 4.79 Å². The van der Waals surface area contributed by atoms with Crippen LogP contribution in [0.3, 0.4) is 0 Å². The van der Waals surface area contributed by atoms with Crippen LogP contribution in [0.1, 0.15) is 32.1 Å². The second kappa shape index (κ2) is 5.62. The fourth-order valence-corrected chi connectivity index (χ4v) is 1.48. The van der Waals surface area contributed by atoms with Crippen LogP contribution in [0.2, 0.25) is 0 Å². The lowest BCUT2D eigenvalue weighted by molar-refractivity contribution is 0.0166. The zero-order chi connectivity index (χ0) is 9.52. The molecule has 0 aromatic rings. The second-order valence-corrected chi connectivity index (χ2v) is 3.23. The lowest BCUT2D eigenvalue weighted by Crippen LogP contribution is -2.21. The van der Waals surface area contributed by atoms with E-state index in [1.807, 2.05) is 0 Å². The van der Waals surface area contributed by atoms with Crippen molar-refractivity contribution in [1.29, 1.82) is 0 Å². The van der Waals surface area contributed by atoms with Gasteiger partial charge >= 0.3 is 6.16 Å². The Labute approximate surface area is 78.7 Å². The molecule has 3 heteroatoms. The summed E-state index contributed by atoms with van der Waals surface area (Å²) in [6.07, 6.45) is 6.55. The van der Waals surface area contributed by atoms with Gasteiger partial charge in [-0.25, -0.2) is 4.79 Å². The van der Waals surface area contributed by atoms with Crippen molar-refractivity contribution in [2.24, 2.45) is 0 Å². The van der Waals surface area contributed by atoms with Gasteiger partial charge in [-0.3, -0.25) is 0 Å². The van der Waals surface area contributed by atoms with Gasteiger partial charge in [-0.1, -0.05) is 19.1 Å². The molecule has 0 bridgehead atoms. The molecule has 0 unspecified atom stereocenters. The summed E-state index contributed by atoms with van der Waals surface area (Å²) in [5.74, 6) is 0. The lowest BCUT2D eigenvalue weighted by atomic mass is 9.98. The SMILES string of the molecule is C=CCOC(=O)OC1CCCCC1. The average molecular weight is 184 g/mol. The Bertz CT molecular complexity index is 171. The van der Waals surface area contributed by atoms with Crippen LogP contribution < -0.4 is 0 Å². The predicted molar refractivity (Wildman–Crippen MR) is 49.5 cm³/mol. The molecule has 1 fully saturated rings. The minimum Gasteiger partial charge on any atom is -0.431 e. The van der Waals surface area contributed by atoms with Crippen LogP contribution in [0.25, 0.3) is 0 Å². The summed E-state index contributed by atoms with van der Waals surface area (Å²) in [5.41, 5.74) is 0. The van der Waals surface area contributed by atoms with Crippen LogP contribution in [0.5, 0.6) is 0 Å². The Morgan fingerprint density at radius 1 is 1.38 bits per heavy atom. The fourth-order valence-electron chi connectivity index (χ4n) is 1.48. The molecule has 1 saturated carbocycles. The van der Waals surface area contributed by atoms with Gasteiger partial charge in [0.05, 0.1) is 0 Å². The van der Waals surface area contributed by atoms with Crippen molar-refractivity contribution in [3.63, 3.8) is 0 Å². The molecule has 74 valence electrons. The third-order valence-electron chi connectivity index (χ3n) is 2.13. The highest BCUT2D eigenvalue weighted by molar-refractivity contribution is 5.60. The number of carbonyl (C=O) groups excluding carboxylic acids is 1. The fraction of sp³-hybridized carbons (Fsp3) is 0.700. The van der Waals surface area contributed by atoms with E-state index in [2.05, 4.69) is 6.58 Å². The van der Waals surface area contributed by atoms with Crippen LogP contribution in [0, 0.1) is 0 Å². The molecule has 0 N–H and O–H groups in total. The first-order valence-electron chi connectivity index (χ1n) is 4.77. The van der Waals surface area contributed by atoms with Crippen molar-refractivity contribution in [3.8, 4) is 0 Å². The molecular formula is C10H16O3. The molecule has 0 aromatic heterocycles. The zero-order valence-electron chi connectivity index (χ0n) is 7.83. The Morgan fingerprint density at radius 3 is 2.69 bits per heavy atom. The first-order chi connectivity index (χ1) is 6.33. The van der Waals surface area contributed by atoms with E-state index in [1.165, 1.54) is 12.5 Å². The molecule has 0 saturated heterocycles. The van der Waals surface area contributed by atoms with Gasteiger partial charge in [0.15, 0.2) is 0 Å². The molecule has 3 nitrogen and oxygen atoms in total. The molecular weight excluding hydrogens is 168 g/mol. The van der Waals surface area contributed by atoms with E-state index < -0.39 is 6.16 Å². The first-order valence-corrected chi connectivity index (χ1v) is 4.77. The Balaban J connectivity index is 2.14. The molecule has 0 spiro atoms. The van der Waals surface area contributed by atoms with Gasteiger partial charge in [0.1, 0.15) is 12.7 Å². The zero-order valence-corrected chi connectivity index (χ0v) is 7.83. The van der Waals surface area contributed by atoms with Gasteiger partial charge in [-0.05, 0) is 25.7 Å². The lowest BCUT2D eigenvalue weighted by Gasteiger charge is -2.20. The molecule has 0 heterocycles. The maximum Gasteiger partial charge on any atom is 0.508 e. The van der Waals surface area contributed by atoms with Crippen molar-refractivity contribution < 1.29 is 14.3 Å². The third kappa shape index (κ3) is 3.97. The largest absolute Gasteiger partial charge is 0.508 e. The summed E-state index contributed by atoms with van der Waals surface area (Å²) in [7, 11) is 0. The highest BCUT2D eigenvalue weighted by atomic mass is 16.7. The summed E-state index contributed by atoms with van der Waals surface area (Å²) < 4.78 is 9.80. The van der Waals surface area contributed by atoms with Gasteiger partial charge < -0.3 is 9.47 Å². The van der Waals surface area contributed by atoms with Crippen molar-refractivity contribution in [2.45, 2.75) is 38.2 Å². The van der Waals surface area contributed by atoms with E-state index in [4.69, 9.17) is 9.47 Å². The van der Waals surface area contributed by atoms with Crippen LogP contribution in [0.15, 0.2) is 12.7 Å². The molecule has 0 aliphatic heterocycles. The molecule has 0 atom stereocenters. The van der Waals surface area contributed by atoms with Crippen molar-refractivity contribution in [2.75, 3.05) is 6.61 Å². The average Bonchev–Trinajstić information content (AvgIpc) is 2.16. The maximum absolute atomic E-state index is 11.0. The summed E-state index contributed by atoms with van der Waals surface area (Å²) in [6.45, 7) is 3.67. The van der Waals surface area contributed by atoms with E-state index in [0.717, 1.165) is 25.7 Å². The van der Waals surface area contributed by atoms with E-state index >= 15 is 0 Å². The third-order valence-corrected chi connectivity index (χ3v) is 2.13. The normalized spacial score (nSPS) is 17.8. The Kier molecular flexibility index (Phi) is 4.36. The predicted octanol–water partition coefficient (Wildman–Crippen LogP) is 2.66. The number of hydrogen-bond acceptors (Lipinski definition) is 3. The smallest absolute Gasteiger partial charge is 0.431 e. The minimum atomic E-state index is -0.563. The maximum atomic E-state index is 11.0. The first kappa shape index (κ1) is 10.1. The van der Waals surface area contributed by atoms with Crippen LogP contribution >= 0.6 is 0 Å². The summed E-state index contributed by atoms with van der Waals surface area (Å²) in [4.78, 5) is 11.0. The Morgan fingerprint density at radius 2 is 2.08 bits per heavy atom. The molecule has 0 radical (unpaired) electrons. The van der Waals surface area contributed by atoms with E-state index in [-0.39, 0.29) is 12.7 Å². The monoisotopic (exact) mass is 184 g/mol. The number of carbonyl (C=O) groups is 1. The minimum absolute atomic E-state index is 0.0751. The van der Waals surface area contributed by atoms with E-state index in [1.54, 1.807) is 0 Å². The summed E-state index contributed by atoms with van der Waals surface area (Å²) in [5, 5.41) is 0. The molecule has 1 aliphatic rings. The standard InChI is InChI=1S/C10H16O3/c1-2-8-12-10(11)13-9-6-4-3-5-7-9/h2,9H,1,3-8H2. The molecule has 0 amide bonds. The molecule has 1 rings (SSSR count). The molecule has 0 aromatic carbocycles. The van der Waals surface area contributed by atoms with Crippen LogP contribution in [-0.2, 0) is 9.47 Å². The highest BCUT2D eigenvalue weighted by Gasteiger charge is 2.17. The van der Waals surface area contributed by atoms with Crippen molar-refractivity contribution in [1.82, 2.24) is 0 Å². The van der Waals surface area contributed by atoms with Gasteiger partial charge in [0.2, 0.25) is 0 Å². The second-order valence-electron chi connectivity index (χ2n) is 3.23. The van der Waals surface area contributed by atoms with E-state index in [0.29, 0.717) is 0 Å². The van der Waals surface area contributed by atoms with Gasteiger partial charge in [-0.2, -0.15) is 0 Å². The Hall–Kier alpha value is -0.990. The molecule has 13 heavy (non-hydrogen) atoms. The number of rotatable bonds is 3. The van der Waals surface area contributed by atoms with Gasteiger partial charge in [0.25, 0.3) is 0 Å².